The van der Waals surface area contributed by atoms with Crippen LogP contribution in [-0.2, 0) is 0 Å². The predicted octanol–water partition coefficient (Wildman–Crippen LogP) is 0.385. The maximum absolute atomic E-state index is 11.2. The molecule has 5 nitrogen and oxygen atoms in total. The molecule has 0 spiro atoms. The van der Waals surface area contributed by atoms with E-state index in [1.807, 2.05) is 0 Å². The van der Waals surface area contributed by atoms with E-state index < -0.39 is 5.91 Å². The lowest BCUT2D eigenvalue weighted by Crippen LogP contribution is -2.22. The third-order valence-corrected chi connectivity index (χ3v) is 3.07. The lowest BCUT2D eigenvalue weighted by molar-refractivity contribution is 0.0993. The summed E-state index contributed by atoms with van der Waals surface area (Å²) in [5, 5.41) is 0. The number of hydrogen-bond acceptors (Lipinski definition) is 4. The summed E-state index contributed by atoms with van der Waals surface area (Å²) in [6.07, 6.45) is 4.15. The number of rotatable bonds is 3. The minimum Gasteiger partial charge on any atom is -0.364 e. The topological polar surface area (TPSA) is 72.1 Å². The molecule has 1 aromatic rings. The van der Waals surface area contributed by atoms with E-state index in [4.69, 9.17) is 5.73 Å². The maximum atomic E-state index is 11.2. The second-order valence-corrected chi connectivity index (χ2v) is 4.03. The monoisotopic (exact) mass is 220 g/mol. The number of hydrogen-bond donors (Lipinski definition) is 1. The quantitative estimate of drug-likeness (QED) is 0.799. The highest BCUT2D eigenvalue weighted by atomic mass is 16.1. The number of amides is 1. The van der Waals surface area contributed by atoms with Gasteiger partial charge in [0.05, 0.1) is 5.69 Å². The van der Waals surface area contributed by atoms with Crippen LogP contribution in [0.4, 0.5) is 0 Å². The van der Waals surface area contributed by atoms with Gasteiger partial charge in [0.1, 0.15) is 5.69 Å². The second kappa shape index (κ2) is 4.57. The molecule has 16 heavy (non-hydrogen) atoms. The average molecular weight is 220 g/mol. The summed E-state index contributed by atoms with van der Waals surface area (Å²) in [6.45, 7) is 5.15. The lowest BCUT2D eigenvalue weighted by Gasteiger charge is -2.13. The van der Waals surface area contributed by atoms with E-state index in [0.29, 0.717) is 5.69 Å². The van der Waals surface area contributed by atoms with Crippen LogP contribution in [0.5, 0.6) is 0 Å². The largest absolute Gasteiger partial charge is 0.364 e. The van der Waals surface area contributed by atoms with Crippen molar-refractivity contribution in [2.45, 2.75) is 19.3 Å². The van der Waals surface area contributed by atoms with Crippen LogP contribution in [0.1, 0.15) is 35.4 Å². The summed E-state index contributed by atoms with van der Waals surface area (Å²) >= 11 is 0. The highest BCUT2D eigenvalue weighted by Crippen LogP contribution is 2.26. The third kappa shape index (κ3) is 2.04. The first-order chi connectivity index (χ1) is 7.72. The van der Waals surface area contributed by atoms with Gasteiger partial charge in [-0.1, -0.05) is 6.92 Å². The Kier molecular flexibility index (Phi) is 3.14. The summed E-state index contributed by atoms with van der Waals surface area (Å²) in [7, 11) is 0. The van der Waals surface area contributed by atoms with Crippen LogP contribution in [0.15, 0.2) is 12.4 Å². The van der Waals surface area contributed by atoms with Crippen molar-refractivity contribution in [3.05, 3.63) is 23.8 Å². The number of aromatic nitrogens is 2. The van der Waals surface area contributed by atoms with Crippen molar-refractivity contribution in [2.24, 2.45) is 5.73 Å². The number of carbonyl (C=O) groups is 1. The minimum absolute atomic E-state index is 0.288. The molecule has 2 heterocycles. The summed E-state index contributed by atoms with van der Waals surface area (Å²) in [5.41, 5.74) is 6.37. The Labute approximate surface area is 94.7 Å². The standard InChI is InChI=1S/C11H16N4O/c1-2-15-6-3-8(7-15)9-10(11(12)16)14-5-4-13-9/h4-5,8H,2-3,6-7H2,1H3,(H2,12,16)/t8-/m0/s1. The number of nitrogens with two attached hydrogens (primary N) is 1. The predicted molar refractivity (Wildman–Crippen MR) is 60.0 cm³/mol. The van der Waals surface area contributed by atoms with Gasteiger partial charge in [-0.3, -0.25) is 9.78 Å². The molecule has 1 fully saturated rings. The van der Waals surface area contributed by atoms with E-state index >= 15 is 0 Å². The smallest absolute Gasteiger partial charge is 0.269 e. The van der Waals surface area contributed by atoms with Crippen molar-refractivity contribution in [3.63, 3.8) is 0 Å². The summed E-state index contributed by atoms with van der Waals surface area (Å²) in [5.74, 6) is -0.200. The summed E-state index contributed by atoms with van der Waals surface area (Å²) < 4.78 is 0. The van der Waals surface area contributed by atoms with Gasteiger partial charge >= 0.3 is 0 Å². The molecule has 86 valence electrons. The highest BCUT2D eigenvalue weighted by molar-refractivity contribution is 5.91. The molecule has 5 heteroatoms. The van der Waals surface area contributed by atoms with Crippen LogP contribution < -0.4 is 5.73 Å². The molecule has 0 radical (unpaired) electrons. The molecule has 1 amide bonds. The normalized spacial score (nSPS) is 21.2. The Morgan fingerprint density at radius 3 is 2.94 bits per heavy atom. The van der Waals surface area contributed by atoms with E-state index in [9.17, 15) is 4.79 Å². The van der Waals surface area contributed by atoms with Gasteiger partial charge < -0.3 is 10.6 Å². The highest BCUT2D eigenvalue weighted by Gasteiger charge is 2.27. The molecule has 0 bridgehead atoms. The molecule has 2 N–H and O–H groups in total. The molecule has 2 rings (SSSR count). The van der Waals surface area contributed by atoms with Gasteiger partial charge in [-0.25, -0.2) is 4.98 Å². The van der Waals surface area contributed by atoms with Crippen molar-refractivity contribution in [1.29, 1.82) is 0 Å². The van der Waals surface area contributed by atoms with Crippen molar-refractivity contribution in [3.8, 4) is 0 Å². The molecule has 1 aromatic heterocycles. The fourth-order valence-electron chi connectivity index (χ4n) is 2.18. The number of nitrogens with zero attached hydrogens (tertiary/aromatic N) is 3. The number of likely N-dealkylation sites (tertiary alicyclic amines) is 1. The fraction of sp³-hybridized carbons (Fsp3) is 0.545. The molecule has 1 aliphatic rings. The van der Waals surface area contributed by atoms with Gasteiger partial charge in [-0.15, -0.1) is 0 Å². The van der Waals surface area contributed by atoms with E-state index in [-0.39, 0.29) is 5.92 Å². The van der Waals surface area contributed by atoms with Crippen LogP contribution in [0, 0.1) is 0 Å². The van der Waals surface area contributed by atoms with Crippen LogP contribution in [0.25, 0.3) is 0 Å². The Morgan fingerprint density at radius 2 is 2.31 bits per heavy atom. The van der Waals surface area contributed by atoms with Crippen molar-refractivity contribution in [2.75, 3.05) is 19.6 Å². The van der Waals surface area contributed by atoms with Gasteiger partial charge in [0, 0.05) is 24.9 Å². The fourth-order valence-corrected chi connectivity index (χ4v) is 2.18. The summed E-state index contributed by atoms with van der Waals surface area (Å²) in [6, 6.07) is 0. The van der Waals surface area contributed by atoms with E-state index in [1.54, 1.807) is 6.20 Å². The molecule has 0 aromatic carbocycles. The Hall–Kier alpha value is -1.49. The molecule has 1 aliphatic heterocycles. The molecular weight excluding hydrogens is 204 g/mol. The molecule has 0 saturated carbocycles. The number of likely N-dealkylation sites (N-methyl/N-ethyl adjacent to an activating group) is 1. The third-order valence-electron chi connectivity index (χ3n) is 3.07. The number of primary amides is 1. The van der Waals surface area contributed by atoms with Gasteiger partial charge in [0.15, 0.2) is 0 Å². The van der Waals surface area contributed by atoms with Crippen LogP contribution in [0.2, 0.25) is 0 Å². The van der Waals surface area contributed by atoms with E-state index in [2.05, 4.69) is 21.8 Å². The minimum atomic E-state index is -0.488. The van der Waals surface area contributed by atoms with Gasteiger partial charge in [-0.2, -0.15) is 0 Å². The van der Waals surface area contributed by atoms with Gasteiger partial charge in [-0.05, 0) is 19.5 Å². The maximum Gasteiger partial charge on any atom is 0.269 e. The number of carbonyl (C=O) groups excluding carboxylic acids is 1. The van der Waals surface area contributed by atoms with Crippen molar-refractivity contribution in [1.82, 2.24) is 14.9 Å². The van der Waals surface area contributed by atoms with E-state index in [1.165, 1.54) is 6.20 Å². The molecule has 1 atom stereocenters. The Bertz CT molecular complexity index is 393. The second-order valence-electron chi connectivity index (χ2n) is 4.03. The van der Waals surface area contributed by atoms with Crippen LogP contribution in [0.3, 0.4) is 0 Å². The average Bonchev–Trinajstić information content (AvgIpc) is 2.77. The zero-order chi connectivity index (χ0) is 11.5. The lowest BCUT2D eigenvalue weighted by atomic mass is 10.0. The zero-order valence-corrected chi connectivity index (χ0v) is 9.39. The molecule has 1 saturated heterocycles. The van der Waals surface area contributed by atoms with Crippen molar-refractivity contribution < 1.29 is 4.79 Å². The van der Waals surface area contributed by atoms with Gasteiger partial charge in [0.2, 0.25) is 0 Å². The molecule has 0 unspecified atom stereocenters. The molecular formula is C11H16N4O. The zero-order valence-electron chi connectivity index (χ0n) is 9.39. The Morgan fingerprint density at radius 1 is 1.56 bits per heavy atom. The van der Waals surface area contributed by atoms with E-state index in [0.717, 1.165) is 31.7 Å². The first-order valence-electron chi connectivity index (χ1n) is 5.55. The Balaban J connectivity index is 2.24. The van der Waals surface area contributed by atoms with Crippen molar-refractivity contribution >= 4 is 5.91 Å². The van der Waals surface area contributed by atoms with Crippen LogP contribution in [-0.4, -0.2) is 40.4 Å². The summed E-state index contributed by atoms with van der Waals surface area (Å²) in [4.78, 5) is 21.9. The molecule has 0 aliphatic carbocycles. The van der Waals surface area contributed by atoms with Crippen LogP contribution >= 0.6 is 0 Å². The first-order valence-corrected chi connectivity index (χ1v) is 5.55. The van der Waals surface area contributed by atoms with Gasteiger partial charge in [0.25, 0.3) is 5.91 Å². The first kappa shape index (κ1) is 11.0. The SMILES string of the molecule is CCN1CC[C@H](c2nccnc2C(N)=O)C1.